The number of rotatable bonds is 14. The maximum Gasteiger partial charge on any atom is 0.119 e. The number of anilines is 6. The van der Waals surface area contributed by atoms with E-state index in [0.717, 1.165) is 101 Å². The summed E-state index contributed by atoms with van der Waals surface area (Å²) in [4.78, 5) is 4.34. The summed E-state index contributed by atoms with van der Waals surface area (Å²) in [5, 5.41) is 33.5. The molecule has 0 aliphatic heterocycles. The monoisotopic (exact) mass is 861 g/mol. The van der Waals surface area contributed by atoms with Gasteiger partial charge in [0.05, 0.1) is 33.0 Å². The van der Waals surface area contributed by atoms with Gasteiger partial charge in [0.15, 0.2) is 0 Å². The summed E-state index contributed by atoms with van der Waals surface area (Å²) >= 11 is 0. The fourth-order valence-electron chi connectivity index (χ4n) is 8.20. The Labute approximate surface area is 385 Å². The number of nitrogens with zero attached hydrogens (tertiary/aromatic N) is 3. The lowest BCUT2D eigenvalue weighted by Gasteiger charge is -2.26. The van der Waals surface area contributed by atoms with Crippen LogP contribution in [0, 0.1) is 11.3 Å². The Kier molecular flexibility index (Phi) is 12.7. The third-order valence-electron chi connectivity index (χ3n) is 11.8. The standard InChI is InChI=1S/C59H47N3O4/c1-65-55-30-26-53(27-31-55)62(54-28-32-56(66-2)33-29-54)50-20-10-42(11-21-50)4-6-44-7-17-47-37-48-35-43(16-34-57(48)59(38-60)58(47)36-44)5-3-41-8-18-49(19-9-41)61(51-22-12-45(39-63)13-23-51)52-24-14-46(40-64)15-25-52/h3-37,63-64H,39-40H2,1-2H3. The fourth-order valence-corrected chi connectivity index (χ4v) is 8.20. The van der Waals surface area contributed by atoms with Crippen molar-refractivity contribution in [3.8, 4) is 17.6 Å². The number of fused-ring (bicyclic) bond motifs is 2. The zero-order chi connectivity index (χ0) is 45.4. The second kappa shape index (κ2) is 19.5. The van der Waals surface area contributed by atoms with Crippen LogP contribution in [-0.4, -0.2) is 24.4 Å². The predicted molar refractivity (Wildman–Crippen MR) is 271 cm³/mol. The van der Waals surface area contributed by atoms with Crippen LogP contribution in [0.15, 0.2) is 188 Å². The smallest absolute Gasteiger partial charge is 0.119 e. The molecule has 7 nitrogen and oxygen atoms in total. The van der Waals surface area contributed by atoms with Crippen LogP contribution in [0.5, 0.6) is 11.5 Å². The highest BCUT2D eigenvalue weighted by molar-refractivity contribution is 6.05. The Morgan fingerprint density at radius 1 is 0.409 bits per heavy atom. The van der Waals surface area contributed by atoms with Crippen LogP contribution < -0.4 is 19.3 Å². The van der Waals surface area contributed by atoms with E-state index >= 15 is 0 Å². The fraction of sp³-hybridized carbons (Fsp3) is 0.0678. The average molecular weight is 862 g/mol. The molecule has 66 heavy (non-hydrogen) atoms. The molecule has 9 aromatic carbocycles. The molecule has 0 fully saturated rings. The van der Waals surface area contributed by atoms with Gasteiger partial charge in [0, 0.05) is 44.9 Å². The van der Waals surface area contributed by atoms with Crippen molar-refractivity contribution < 1.29 is 19.7 Å². The second-order valence-electron chi connectivity index (χ2n) is 15.9. The van der Waals surface area contributed by atoms with E-state index in [-0.39, 0.29) is 13.2 Å². The van der Waals surface area contributed by atoms with Crippen molar-refractivity contribution in [1.82, 2.24) is 0 Å². The summed E-state index contributed by atoms with van der Waals surface area (Å²) in [6.45, 7) is -0.0326. The van der Waals surface area contributed by atoms with Crippen LogP contribution in [0.2, 0.25) is 0 Å². The van der Waals surface area contributed by atoms with Crippen molar-refractivity contribution in [3.63, 3.8) is 0 Å². The first-order valence-corrected chi connectivity index (χ1v) is 21.7. The van der Waals surface area contributed by atoms with Gasteiger partial charge in [0.1, 0.15) is 17.6 Å². The van der Waals surface area contributed by atoms with Gasteiger partial charge in [-0.1, -0.05) is 97.1 Å². The summed E-state index contributed by atoms with van der Waals surface area (Å²) in [6, 6.07) is 65.8. The molecule has 0 saturated carbocycles. The molecule has 0 aromatic heterocycles. The van der Waals surface area contributed by atoms with E-state index in [1.807, 2.05) is 103 Å². The molecule has 2 N–H and O–H groups in total. The number of aliphatic hydroxyl groups excluding tert-OH is 2. The second-order valence-corrected chi connectivity index (χ2v) is 15.9. The highest BCUT2D eigenvalue weighted by atomic mass is 16.5. The molecule has 7 heteroatoms. The lowest BCUT2D eigenvalue weighted by atomic mass is 9.94. The van der Waals surface area contributed by atoms with Gasteiger partial charge in [-0.25, -0.2) is 0 Å². The van der Waals surface area contributed by atoms with Gasteiger partial charge in [-0.05, 0) is 159 Å². The molecule has 0 spiro atoms. The van der Waals surface area contributed by atoms with Crippen molar-refractivity contribution in [3.05, 3.63) is 227 Å². The summed E-state index contributed by atoms with van der Waals surface area (Å²) in [6.07, 6.45) is 8.38. The maximum absolute atomic E-state index is 10.5. The van der Waals surface area contributed by atoms with Crippen LogP contribution in [-0.2, 0) is 13.2 Å². The number of ether oxygens (including phenoxy) is 2. The van der Waals surface area contributed by atoms with Gasteiger partial charge in [0.25, 0.3) is 0 Å². The first-order chi connectivity index (χ1) is 32.4. The molecule has 0 atom stereocenters. The number of methoxy groups -OCH3 is 2. The van der Waals surface area contributed by atoms with Gasteiger partial charge in [0.2, 0.25) is 0 Å². The van der Waals surface area contributed by atoms with Crippen molar-refractivity contribution >= 4 is 80.0 Å². The van der Waals surface area contributed by atoms with E-state index < -0.39 is 0 Å². The SMILES string of the molecule is COc1ccc(N(c2ccc(C=Cc3ccc4cc5cc(C=Cc6ccc(N(c7ccc(CO)cc7)c7ccc(CO)cc7)cc6)ccc5c(C#N)c4c3)cc2)c2ccc(OC)cc2)cc1. The Balaban J connectivity index is 0.931. The van der Waals surface area contributed by atoms with Crippen molar-refractivity contribution in [2.45, 2.75) is 13.2 Å². The normalized spacial score (nSPS) is 11.3. The van der Waals surface area contributed by atoms with E-state index in [1.54, 1.807) is 14.2 Å². The topological polar surface area (TPSA) is 89.2 Å². The van der Waals surface area contributed by atoms with E-state index in [0.29, 0.717) is 5.56 Å². The summed E-state index contributed by atoms with van der Waals surface area (Å²) in [5.74, 6) is 1.60. The van der Waals surface area contributed by atoms with Gasteiger partial charge in [-0.3, -0.25) is 0 Å². The molecule has 0 saturated heterocycles. The molecule has 0 aliphatic rings. The minimum absolute atomic E-state index is 0.0163. The third kappa shape index (κ3) is 9.28. The van der Waals surface area contributed by atoms with E-state index in [1.165, 1.54) is 0 Å². The zero-order valence-electron chi connectivity index (χ0n) is 36.7. The molecule has 0 amide bonds. The Bertz CT molecular complexity index is 3110. The molecule has 0 radical (unpaired) electrons. The molecule has 9 rings (SSSR count). The van der Waals surface area contributed by atoms with Gasteiger partial charge in [-0.2, -0.15) is 5.26 Å². The van der Waals surface area contributed by atoms with Gasteiger partial charge >= 0.3 is 0 Å². The number of aliphatic hydroxyl groups is 2. The molecule has 0 unspecified atom stereocenters. The van der Waals surface area contributed by atoms with Crippen LogP contribution in [0.3, 0.4) is 0 Å². The molecule has 0 heterocycles. The lowest BCUT2D eigenvalue weighted by molar-refractivity contribution is 0.281. The lowest BCUT2D eigenvalue weighted by Crippen LogP contribution is -2.10. The van der Waals surface area contributed by atoms with Crippen LogP contribution >= 0.6 is 0 Å². The first-order valence-electron chi connectivity index (χ1n) is 21.7. The highest BCUT2D eigenvalue weighted by Crippen LogP contribution is 2.38. The summed E-state index contributed by atoms with van der Waals surface area (Å²) < 4.78 is 10.8. The molecular weight excluding hydrogens is 815 g/mol. The maximum atomic E-state index is 10.5. The number of nitriles is 1. The number of benzene rings is 9. The van der Waals surface area contributed by atoms with E-state index in [2.05, 4.69) is 125 Å². The summed E-state index contributed by atoms with van der Waals surface area (Å²) in [7, 11) is 3.34. The number of hydrogen-bond donors (Lipinski definition) is 2. The largest absolute Gasteiger partial charge is 0.497 e. The van der Waals surface area contributed by atoms with Crippen LogP contribution in [0.25, 0.3) is 45.8 Å². The Morgan fingerprint density at radius 2 is 0.773 bits per heavy atom. The number of hydrogen-bond acceptors (Lipinski definition) is 7. The predicted octanol–water partition coefficient (Wildman–Crippen LogP) is 14.1. The Morgan fingerprint density at radius 3 is 1.18 bits per heavy atom. The average Bonchev–Trinajstić information content (AvgIpc) is 3.38. The Hall–Kier alpha value is -8.41. The zero-order valence-corrected chi connectivity index (χ0v) is 36.7. The third-order valence-corrected chi connectivity index (χ3v) is 11.8. The van der Waals surface area contributed by atoms with E-state index in [4.69, 9.17) is 9.47 Å². The van der Waals surface area contributed by atoms with Crippen molar-refractivity contribution in [2.24, 2.45) is 0 Å². The molecule has 9 aromatic rings. The van der Waals surface area contributed by atoms with Crippen molar-refractivity contribution in [2.75, 3.05) is 24.0 Å². The molecular formula is C59H47N3O4. The molecule has 0 bridgehead atoms. The van der Waals surface area contributed by atoms with Crippen LogP contribution in [0.4, 0.5) is 34.1 Å². The molecule has 322 valence electrons. The minimum atomic E-state index is -0.0163. The van der Waals surface area contributed by atoms with Crippen LogP contribution in [0.1, 0.15) is 38.9 Å². The quantitative estimate of drug-likeness (QED) is 0.0831. The van der Waals surface area contributed by atoms with Crippen molar-refractivity contribution in [1.29, 1.82) is 5.26 Å². The van der Waals surface area contributed by atoms with Gasteiger partial charge < -0.3 is 29.5 Å². The first kappa shape index (κ1) is 42.9. The minimum Gasteiger partial charge on any atom is -0.497 e. The van der Waals surface area contributed by atoms with Gasteiger partial charge in [-0.15, -0.1) is 0 Å². The highest BCUT2D eigenvalue weighted by Gasteiger charge is 2.15. The summed E-state index contributed by atoms with van der Waals surface area (Å²) in [5.41, 5.74) is 12.4. The molecule has 0 aliphatic carbocycles. The van der Waals surface area contributed by atoms with E-state index in [9.17, 15) is 15.5 Å².